The number of nitrogens with two attached hydrogens (primary N) is 1. The van der Waals surface area contributed by atoms with Crippen LogP contribution < -0.4 is 5.73 Å². The van der Waals surface area contributed by atoms with Gasteiger partial charge in [0.15, 0.2) is 0 Å². The molecular formula is C21H25Cl2F2N3O. The zero-order chi connectivity index (χ0) is 21.2. The average Bonchev–Trinajstić information content (AvgIpc) is 3.03. The molecule has 1 amide bonds. The smallest absolute Gasteiger partial charge is 0.248 e. The van der Waals surface area contributed by atoms with Crippen molar-refractivity contribution in [2.24, 2.45) is 16.6 Å². The Labute approximate surface area is 179 Å². The van der Waals surface area contributed by atoms with E-state index in [9.17, 15) is 13.6 Å². The molecule has 0 bridgehead atoms. The first-order valence-corrected chi connectivity index (χ1v) is 10.5. The average molecular weight is 444 g/mol. The Bertz CT molecular complexity index is 808. The minimum Gasteiger partial charge on any atom is -0.404 e. The van der Waals surface area contributed by atoms with Crippen LogP contribution in [-0.4, -0.2) is 42.6 Å². The van der Waals surface area contributed by atoms with Crippen molar-refractivity contribution in [1.29, 1.82) is 0 Å². The minimum atomic E-state index is -2.60. The maximum atomic E-state index is 13.4. The molecule has 0 spiro atoms. The van der Waals surface area contributed by atoms with Gasteiger partial charge < -0.3 is 10.6 Å². The topological polar surface area (TPSA) is 58.7 Å². The number of alkyl halides is 2. The second-order valence-electron chi connectivity index (χ2n) is 7.74. The summed E-state index contributed by atoms with van der Waals surface area (Å²) in [5, 5.41) is 0.944. The van der Waals surface area contributed by atoms with Gasteiger partial charge >= 0.3 is 0 Å². The molecule has 1 aromatic carbocycles. The number of halogens is 4. The highest BCUT2D eigenvalue weighted by Gasteiger charge is 2.42. The molecule has 1 atom stereocenters. The van der Waals surface area contributed by atoms with Crippen molar-refractivity contribution in [2.75, 3.05) is 13.6 Å². The summed E-state index contributed by atoms with van der Waals surface area (Å²) in [6, 6.07) is 3.44. The number of aliphatic imine (C=N–C) groups is 1. The lowest BCUT2D eigenvalue weighted by Crippen LogP contribution is -2.42. The molecule has 158 valence electrons. The summed E-state index contributed by atoms with van der Waals surface area (Å²) in [6.07, 6.45) is 4.57. The van der Waals surface area contributed by atoms with E-state index in [1.54, 1.807) is 30.3 Å². The standard InChI is InChI=1S/C21H25Cl2F2N3O/c1-27-12-15(11-26)14-9-18(22)17(19(23)10-14)8-13-4-7-28(20(13)29)16-2-5-21(24,25)6-3-16/h9-13,16H,2-8,26H2,1H3/t13-/m0/s1. The molecule has 1 heterocycles. The van der Waals surface area contributed by atoms with Gasteiger partial charge in [0.1, 0.15) is 0 Å². The van der Waals surface area contributed by atoms with E-state index in [4.69, 9.17) is 28.9 Å². The fraction of sp³-hybridized carbons (Fsp3) is 0.524. The molecule has 29 heavy (non-hydrogen) atoms. The van der Waals surface area contributed by atoms with Gasteiger partial charge in [0.2, 0.25) is 11.8 Å². The number of amides is 1. The lowest BCUT2D eigenvalue weighted by atomic mass is 9.91. The number of carbonyl (C=O) groups is 1. The van der Waals surface area contributed by atoms with Crippen molar-refractivity contribution in [3.8, 4) is 0 Å². The number of rotatable bonds is 5. The largest absolute Gasteiger partial charge is 0.404 e. The molecule has 8 heteroatoms. The van der Waals surface area contributed by atoms with Crippen LogP contribution in [-0.2, 0) is 11.2 Å². The second-order valence-corrected chi connectivity index (χ2v) is 8.55. The van der Waals surface area contributed by atoms with E-state index in [0.717, 1.165) is 11.1 Å². The van der Waals surface area contributed by atoms with Gasteiger partial charge in [-0.3, -0.25) is 9.79 Å². The number of carbonyl (C=O) groups excluding carboxylic acids is 1. The van der Waals surface area contributed by atoms with Crippen molar-refractivity contribution in [2.45, 2.75) is 50.5 Å². The molecule has 0 radical (unpaired) electrons. The van der Waals surface area contributed by atoms with Gasteiger partial charge in [-0.05, 0) is 48.9 Å². The molecule has 1 saturated carbocycles. The summed E-state index contributed by atoms with van der Waals surface area (Å²) in [6.45, 7) is 0.597. The van der Waals surface area contributed by atoms with E-state index < -0.39 is 5.92 Å². The number of likely N-dealkylation sites (tertiary alicyclic amines) is 1. The molecule has 1 aromatic rings. The monoisotopic (exact) mass is 443 g/mol. The van der Waals surface area contributed by atoms with Gasteiger partial charge in [0.05, 0.1) is 0 Å². The number of nitrogens with zero attached hydrogens (tertiary/aromatic N) is 2. The molecule has 0 aromatic heterocycles. The van der Waals surface area contributed by atoms with E-state index in [1.807, 2.05) is 0 Å². The summed E-state index contributed by atoms with van der Waals surface area (Å²) >= 11 is 12.9. The van der Waals surface area contributed by atoms with Crippen LogP contribution in [0.15, 0.2) is 23.3 Å². The Hall–Kier alpha value is -1.66. The first kappa shape index (κ1) is 22.0. The van der Waals surface area contributed by atoms with Crippen LogP contribution in [0.3, 0.4) is 0 Å². The lowest BCUT2D eigenvalue weighted by Gasteiger charge is -2.34. The van der Waals surface area contributed by atoms with E-state index in [1.165, 1.54) is 6.20 Å². The summed E-state index contributed by atoms with van der Waals surface area (Å²) < 4.78 is 26.9. The first-order valence-electron chi connectivity index (χ1n) is 9.76. The number of allylic oxidation sites excluding steroid dienone is 1. The van der Waals surface area contributed by atoms with Gasteiger partial charge in [-0.1, -0.05) is 23.2 Å². The maximum absolute atomic E-state index is 13.4. The fourth-order valence-electron chi connectivity index (χ4n) is 4.22. The molecule has 0 unspecified atom stereocenters. The van der Waals surface area contributed by atoms with Crippen LogP contribution in [0.4, 0.5) is 8.78 Å². The van der Waals surface area contributed by atoms with Crippen molar-refractivity contribution < 1.29 is 13.6 Å². The predicted octanol–water partition coefficient (Wildman–Crippen LogP) is 4.96. The Morgan fingerprint density at radius 2 is 1.90 bits per heavy atom. The van der Waals surface area contributed by atoms with Crippen molar-refractivity contribution in [3.63, 3.8) is 0 Å². The van der Waals surface area contributed by atoms with Gasteiger partial charge in [0.25, 0.3) is 0 Å². The second kappa shape index (κ2) is 9.00. The normalized spacial score (nSPS) is 23.3. The zero-order valence-electron chi connectivity index (χ0n) is 16.3. The molecule has 1 aliphatic heterocycles. The molecule has 2 aliphatic rings. The third-order valence-electron chi connectivity index (χ3n) is 5.85. The van der Waals surface area contributed by atoms with Crippen molar-refractivity contribution in [1.82, 2.24) is 4.90 Å². The SMILES string of the molecule is CN=CC(=CN)c1cc(Cl)c(C[C@@H]2CCN(C3CCC(F)(F)CC3)C2=O)c(Cl)c1. The predicted molar refractivity (Wildman–Crippen MR) is 114 cm³/mol. The van der Waals surface area contributed by atoms with Crippen LogP contribution in [0, 0.1) is 5.92 Å². The van der Waals surface area contributed by atoms with Crippen LogP contribution in [0.25, 0.3) is 5.57 Å². The highest BCUT2D eigenvalue weighted by atomic mass is 35.5. The van der Waals surface area contributed by atoms with Crippen molar-refractivity contribution >= 4 is 40.9 Å². The van der Waals surface area contributed by atoms with Gasteiger partial charge in [0, 0.05) is 66.4 Å². The molecule has 2 fully saturated rings. The first-order chi connectivity index (χ1) is 13.8. The van der Waals surface area contributed by atoms with Gasteiger partial charge in [-0.25, -0.2) is 8.78 Å². The quantitative estimate of drug-likeness (QED) is 0.653. The number of hydrogen-bond acceptors (Lipinski definition) is 3. The number of hydrogen-bond donors (Lipinski definition) is 1. The van der Waals surface area contributed by atoms with Gasteiger partial charge in [-0.15, -0.1) is 0 Å². The minimum absolute atomic E-state index is 0.0112. The summed E-state index contributed by atoms with van der Waals surface area (Å²) in [7, 11) is 1.64. The summed E-state index contributed by atoms with van der Waals surface area (Å²) in [4.78, 5) is 18.7. The van der Waals surface area contributed by atoms with Crippen molar-refractivity contribution in [3.05, 3.63) is 39.5 Å². The maximum Gasteiger partial charge on any atom is 0.248 e. The van der Waals surface area contributed by atoms with E-state index in [0.29, 0.717) is 47.8 Å². The molecule has 1 saturated heterocycles. The van der Waals surface area contributed by atoms with E-state index >= 15 is 0 Å². The molecule has 4 nitrogen and oxygen atoms in total. The Morgan fingerprint density at radius 1 is 1.28 bits per heavy atom. The molecule has 2 N–H and O–H groups in total. The Morgan fingerprint density at radius 3 is 2.45 bits per heavy atom. The highest BCUT2D eigenvalue weighted by Crippen LogP contribution is 2.38. The van der Waals surface area contributed by atoms with Crippen LogP contribution in [0.1, 0.15) is 43.2 Å². The highest BCUT2D eigenvalue weighted by molar-refractivity contribution is 6.36. The molecule has 1 aliphatic carbocycles. The molecule has 3 rings (SSSR count). The van der Waals surface area contributed by atoms with Crippen LogP contribution in [0.5, 0.6) is 0 Å². The third-order valence-corrected chi connectivity index (χ3v) is 6.53. The molecular weight excluding hydrogens is 419 g/mol. The summed E-state index contributed by atoms with van der Waals surface area (Å²) in [5.41, 5.74) is 7.81. The van der Waals surface area contributed by atoms with Crippen LogP contribution >= 0.6 is 23.2 Å². The Kier molecular flexibility index (Phi) is 6.84. The van der Waals surface area contributed by atoms with Crippen LogP contribution in [0.2, 0.25) is 10.0 Å². The Balaban J connectivity index is 1.71. The third kappa shape index (κ3) is 4.92. The summed E-state index contributed by atoms with van der Waals surface area (Å²) in [5.74, 6) is -2.82. The number of benzene rings is 1. The van der Waals surface area contributed by atoms with Gasteiger partial charge in [-0.2, -0.15) is 0 Å². The lowest BCUT2D eigenvalue weighted by molar-refractivity contribution is -0.135. The fourth-order valence-corrected chi connectivity index (χ4v) is 4.86. The zero-order valence-corrected chi connectivity index (χ0v) is 17.8. The van der Waals surface area contributed by atoms with E-state index in [-0.39, 0.29) is 30.7 Å². The van der Waals surface area contributed by atoms with E-state index in [2.05, 4.69) is 4.99 Å².